The van der Waals surface area contributed by atoms with Crippen molar-refractivity contribution in [3.8, 4) is 0 Å². The van der Waals surface area contributed by atoms with Gasteiger partial charge in [-0.1, -0.05) is 30.3 Å². The molecule has 95 heavy (non-hydrogen) atoms. The first-order valence-electron chi connectivity index (χ1n) is 31.5. The summed E-state index contributed by atoms with van der Waals surface area (Å²) in [5.41, 5.74) is 45.0. The predicted octanol–water partition coefficient (Wildman–Crippen LogP) is -8.28. The number of amides is 11. The van der Waals surface area contributed by atoms with Crippen LogP contribution in [-0.2, 0) is 68.7 Å². The quantitative estimate of drug-likeness (QED) is 0.0164. The van der Waals surface area contributed by atoms with Crippen LogP contribution < -0.4 is 99.0 Å². The zero-order valence-corrected chi connectivity index (χ0v) is 53.7. The standard InChI is InChI=1S/C58H99N21O16/c1-33(71-53(91)42(32-80)78-48(86)35(62)29-46(83)84)47(85)74-36(19-11-25-67-57(63)64)49(87)69-30-45(82)73-41(28-34-14-3-2-4-15-34)52(90)75-38(17-6-9-23-60)51(89)76-39(18-7-10-24-61)55(93)79-27-13-21-43(79)54(92)70-31-44(81)72-37(16-5-8-22-59)50(88)77-40(56(94)95)20-12-26-68-58(65)66/h2-4,14-15,33,35-43,80H,5-13,16-32,59-62H2,1H3,(H,69,87)(H,70,92)(H,71,91)(H,72,81)(H,73,82)(H,74,85)(H,75,90)(H,76,89)(H,77,88)(H,78,86)(H,83,84)(H,94,95)(H4,63,64,67)(H4,65,66,68)/t33-,35-,36-,37-,38-,39-,40-,41-,42-,43-/m0/s1. The number of guanidine groups is 2. The molecule has 532 valence electrons. The zero-order chi connectivity index (χ0) is 71.0. The monoisotopic (exact) mass is 1350 g/mol. The summed E-state index contributed by atoms with van der Waals surface area (Å²) in [6, 6.07) is -5.22. The number of nitrogens with one attached hydrogen (secondary N) is 10. The number of aliphatic imine (C=N–C) groups is 2. The highest BCUT2D eigenvalue weighted by molar-refractivity contribution is 5.99. The number of benzene rings is 1. The molecule has 11 amide bonds. The average molecular weight is 1350 g/mol. The molecule has 37 heteroatoms. The summed E-state index contributed by atoms with van der Waals surface area (Å²) in [5, 5.41) is 53.4. The summed E-state index contributed by atoms with van der Waals surface area (Å²) in [6.07, 6.45) is 2.34. The number of rotatable bonds is 47. The van der Waals surface area contributed by atoms with Gasteiger partial charge in [-0.2, -0.15) is 0 Å². The van der Waals surface area contributed by atoms with E-state index >= 15 is 0 Å². The summed E-state index contributed by atoms with van der Waals surface area (Å²) in [5.74, 6) is -12.6. The number of carbonyl (C=O) groups is 13. The van der Waals surface area contributed by atoms with Crippen LogP contribution in [0.15, 0.2) is 40.3 Å². The Morgan fingerprint density at radius 3 is 1.49 bits per heavy atom. The fourth-order valence-corrected chi connectivity index (χ4v) is 9.68. The third kappa shape index (κ3) is 32.4. The molecule has 1 aromatic carbocycles. The highest BCUT2D eigenvalue weighted by Gasteiger charge is 2.39. The van der Waals surface area contributed by atoms with Crippen LogP contribution in [0, 0.1) is 0 Å². The van der Waals surface area contributed by atoms with Crippen LogP contribution >= 0.6 is 0 Å². The molecule has 0 spiro atoms. The van der Waals surface area contributed by atoms with Crippen LogP contribution in [0.2, 0.25) is 0 Å². The van der Waals surface area contributed by atoms with Crippen molar-refractivity contribution >= 4 is 88.8 Å². The molecule has 37 nitrogen and oxygen atoms in total. The van der Waals surface area contributed by atoms with Gasteiger partial charge in [-0.15, -0.1) is 0 Å². The maximum absolute atomic E-state index is 14.6. The number of hydrogen-bond acceptors (Lipinski definition) is 20. The lowest BCUT2D eigenvalue weighted by atomic mass is 10.0. The number of aliphatic carboxylic acids is 2. The fourth-order valence-electron chi connectivity index (χ4n) is 9.68. The van der Waals surface area contributed by atoms with Gasteiger partial charge < -0.3 is 119 Å². The number of aliphatic hydroxyl groups excluding tert-OH is 1. The number of likely N-dealkylation sites (tertiary alicyclic amines) is 1. The van der Waals surface area contributed by atoms with Crippen molar-refractivity contribution in [2.24, 2.45) is 55.9 Å². The largest absolute Gasteiger partial charge is 0.481 e. The third-order valence-corrected chi connectivity index (χ3v) is 14.8. The van der Waals surface area contributed by atoms with E-state index in [1.807, 2.05) is 0 Å². The third-order valence-electron chi connectivity index (χ3n) is 14.8. The van der Waals surface area contributed by atoms with Gasteiger partial charge in [0.1, 0.15) is 54.4 Å². The van der Waals surface area contributed by atoms with Crippen molar-refractivity contribution in [3.63, 3.8) is 0 Å². The topological polar surface area (TPSA) is 639 Å². The molecule has 2 rings (SSSR count). The summed E-state index contributed by atoms with van der Waals surface area (Å²) in [4.78, 5) is 182. The van der Waals surface area contributed by atoms with Gasteiger partial charge in [0.15, 0.2) is 11.9 Å². The number of carboxylic acid groups (broad SMARTS) is 2. The SMILES string of the molecule is C[C@H](NC(=O)[C@H](CO)NC(=O)[C@@H](N)CC(=O)O)C(=O)N[C@@H](CCCN=C(N)N)C(=O)NCC(=O)N[C@@H](Cc1ccccc1)C(=O)N[C@@H](CCCCN)C(=O)N[C@@H](CCCCN)C(=O)N1CCC[C@H]1C(=O)NCC(=O)N[C@@H](CCCCN)C(=O)N[C@@H](CCCN=C(N)N)C(=O)O. The van der Waals surface area contributed by atoms with Gasteiger partial charge in [0.2, 0.25) is 65.0 Å². The molecule has 0 saturated carbocycles. The first-order chi connectivity index (χ1) is 45.1. The molecular formula is C58H99N21O16. The number of carbonyl (C=O) groups excluding carboxylic acids is 11. The van der Waals surface area contributed by atoms with Crippen LogP contribution in [0.1, 0.15) is 115 Å². The Balaban J connectivity index is 2.33. The normalized spacial score (nSPS) is 15.3. The molecule has 0 aromatic heterocycles. The van der Waals surface area contributed by atoms with E-state index in [1.165, 1.54) is 11.8 Å². The predicted molar refractivity (Wildman–Crippen MR) is 346 cm³/mol. The van der Waals surface area contributed by atoms with Crippen molar-refractivity contribution in [3.05, 3.63) is 35.9 Å². The number of aliphatic hydroxyl groups is 1. The van der Waals surface area contributed by atoms with E-state index in [1.54, 1.807) is 30.3 Å². The number of nitrogens with zero attached hydrogens (tertiary/aromatic N) is 3. The molecule has 1 aliphatic rings. The van der Waals surface area contributed by atoms with Crippen molar-refractivity contribution in [1.82, 2.24) is 58.1 Å². The van der Waals surface area contributed by atoms with E-state index in [0.29, 0.717) is 50.5 Å². The molecule has 1 saturated heterocycles. The minimum atomic E-state index is -1.66. The van der Waals surface area contributed by atoms with Gasteiger partial charge >= 0.3 is 11.9 Å². The van der Waals surface area contributed by atoms with Crippen LogP contribution in [-0.4, -0.2) is 228 Å². The molecule has 1 aliphatic heterocycles. The van der Waals surface area contributed by atoms with Crippen molar-refractivity contribution in [2.45, 2.75) is 176 Å². The molecule has 0 radical (unpaired) electrons. The highest BCUT2D eigenvalue weighted by atomic mass is 16.4. The smallest absolute Gasteiger partial charge is 0.326 e. The maximum Gasteiger partial charge on any atom is 0.326 e. The first-order valence-corrected chi connectivity index (χ1v) is 31.5. The Bertz CT molecular complexity index is 2760. The lowest BCUT2D eigenvalue weighted by Gasteiger charge is -2.30. The lowest BCUT2D eigenvalue weighted by Crippen LogP contribution is -2.59. The van der Waals surface area contributed by atoms with E-state index in [-0.39, 0.29) is 109 Å². The minimum absolute atomic E-state index is 0.00240. The van der Waals surface area contributed by atoms with Crippen LogP contribution in [0.4, 0.5) is 0 Å². The molecule has 29 N–H and O–H groups in total. The molecule has 1 heterocycles. The fraction of sp³-hybridized carbons (Fsp3) is 0.638. The second-order valence-electron chi connectivity index (χ2n) is 22.6. The van der Waals surface area contributed by atoms with Gasteiger partial charge in [-0.25, -0.2) is 4.79 Å². The Labute approximate surface area is 550 Å². The Kier molecular flexibility index (Phi) is 38.8. The minimum Gasteiger partial charge on any atom is -0.481 e. The van der Waals surface area contributed by atoms with Crippen LogP contribution in [0.5, 0.6) is 0 Å². The molecule has 1 aromatic rings. The van der Waals surface area contributed by atoms with Crippen LogP contribution in [0.25, 0.3) is 0 Å². The van der Waals surface area contributed by atoms with Crippen LogP contribution in [0.3, 0.4) is 0 Å². The Morgan fingerprint density at radius 1 is 0.526 bits per heavy atom. The molecule has 1 fully saturated rings. The maximum atomic E-state index is 14.6. The van der Waals surface area contributed by atoms with Gasteiger partial charge in [0.05, 0.1) is 32.2 Å². The van der Waals surface area contributed by atoms with Gasteiger partial charge in [-0.3, -0.25) is 67.5 Å². The van der Waals surface area contributed by atoms with E-state index in [9.17, 15) is 72.5 Å². The van der Waals surface area contributed by atoms with Crippen molar-refractivity contribution < 1.29 is 77.6 Å². The number of unbranched alkanes of at least 4 members (excludes halogenated alkanes) is 3. The Hall–Kier alpha value is -9.33. The molecule has 0 bridgehead atoms. The molecule has 0 unspecified atom stereocenters. The van der Waals surface area contributed by atoms with E-state index in [4.69, 9.17) is 51.0 Å². The van der Waals surface area contributed by atoms with Gasteiger partial charge in [-0.05, 0) is 128 Å². The number of carboxylic acids is 2. The Morgan fingerprint density at radius 2 is 0.968 bits per heavy atom. The average Bonchev–Trinajstić information content (AvgIpc) is 1.72. The number of hydrogen-bond donors (Lipinski definition) is 21. The first kappa shape index (κ1) is 81.8. The second-order valence-corrected chi connectivity index (χ2v) is 22.6. The second kappa shape index (κ2) is 45.1. The summed E-state index contributed by atoms with van der Waals surface area (Å²) in [6.45, 7) is -0.209. The molecular weight excluding hydrogens is 1250 g/mol. The van der Waals surface area contributed by atoms with E-state index in [2.05, 4.69) is 63.2 Å². The van der Waals surface area contributed by atoms with E-state index in [0.717, 1.165) is 0 Å². The van der Waals surface area contributed by atoms with E-state index < -0.39 is 163 Å². The summed E-state index contributed by atoms with van der Waals surface area (Å²) >= 11 is 0. The summed E-state index contributed by atoms with van der Waals surface area (Å²) in [7, 11) is 0. The van der Waals surface area contributed by atoms with Gasteiger partial charge in [0, 0.05) is 26.1 Å². The number of nitrogens with two attached hydrogens (primary N) is 8. The molecule has 0 aliphatic carbocycles. The van der Waals surface area contributed by atoms with Crippen molar-refractivity contribution in [1.29, 1.82) is 0 Å². The molecule has 10 atom stereocenters. The summed E-state index contributed by atoms with van der Waals surface area (Å²) < 4.78 is 0. The zero-order valence-electron chi connectivity index (χ0n) is 53.7. The van der Waals surface area contributed by atoms with Crippen molar-refractivity contribution in [2.75, 3.05) is 59.0 Å². The highest BCUT2D eigenvalue weighted by Crippen LogP contribution is 2.21. The van der Waals surface area contributed by atoms with Gasteiger partial charge in [0.25, 0.3) is 0 Å². The lowest BCUT2D eigenvalue weighted by molar-refractivity contribution is -0.142.